The zero-order chi connectivity index (χ0) is 18.7. The third kappa shape index (κ3) is 3.40. The predicted octanol–water partition coefficient (Wildman–Crippen LogP) is 1.53. The summed E-state index contributed by atoms with van der Waals surface area (Å²) in [5.41, 5.74) is 0.676. The molecule has 0 aliphatic heterocycles. The number of ketones is 1. The number of hydrogen-bond acceptors (Lipinski definition) is 4. The molecule has 0 saturated heterocycles. The Kier molecular flexibility index (Phi) is 4.98. The van der Waals surface area contributed by atoms with E-state index in [0.717, 1.165) is 6.07 Å². The number of Topliss-reactive ketones (excluding diaryl/α,β-unsaturated/α-hetero) is 1. The molecule has 0 unspecified atom stereocenters. The highest BCUT2D eigenvalue weighted by Gasteiger charge is 2.24. The Hall–Kier alpha value is -3.47. The lowest BCUT2D eigenvalue weighted by molar-refractivity contribution is -0.116. The molecule has 2 amide bonds. The number of amides is 2. The second-order valence-corrected chi connectivity index (χ2v) is 5.30. The van der Waals surface area contributed by atoms with Gasteiger partial charge < -0.3 is 15.2 Å². The first kappa shape index (κ1) is 17.9. The monoisotopic (exact) mass is 342 g/mol. The summed E-state index contributed by atoms with van der Waals surface area (Å²) in [4.78, 5) is 36.0. The molecule has 0 saturated carbocycles. The van der Waals surface area contributed by atoms with Crippen LogP contribution in [-0.4, -0.2) is 29.2 Å². The summed E-state index contributed by atoms with van der Waals surface area (Å²) in [6.07, 6.45) is 1.40. The topological polar surface area (TPSA) is 104 Å². The smallest absolute Gasteiger partial charge is 0.292 e. The highest BCUT2D eigenvalue weighted by Crippen LogP contribution is 2.20. The van der Waals surface area contributed by atoms with Gasteiger partial charge in [-0.2, -0.15) is 5.26 Å². The molecule has 0 aliphatic carbocycles. The SMILES string of the molecule is CNC(=O)C(=O)c1cn(C)c(C(=O)Nc2ccc(F)c(C#N)c2)c1C. The molecule has 1 aromatic carbocycles. The molecule has 1 aromatic heterocycles. The number of nitrogens with one attached hydrogen (secondary N) is 2. The number of nitriles is 1. The van der Waals surface area contributed by atoms with Crippen LogP contribution >= 0.6 is 0 Å². The minimum absolute atomic E-state index is 0.115. The summed E-state index contributed by atoms with van der Waals surface area (Å²) >= 11 is 0. The van der Waals surface area contributed by atoms with Crippen molar-refractivity contribution < 1.29 is 18.8 Å². The van der Waals surface area contributed by atoms with Crippen molar-refractivity contribution >= 4 is 23.3 Å². The lowest BCUT2D eigenvalue weighted by Crippen LogP contribution is -2.27. The molecule has 0 radical (unpaired) electrons. The minimum Gasteiger partial charge on any atom is -0.352 e. The van der Waals surface area contributed by atoms with E-state index in [1.807, 2.05) is 0 Å². The van der Waals surface area contributed by atoms with E-state index < -0.39 is 23.4 Å². The normalized spacial score (nSPS) is 10.0. The van der Waals surface area contributed by atoms with Gasteiger partial charge in [0, 0.05) is 31.5 Å². The molecule has 2 aromatic rings. The summed E-state index contributed by atoms with van der Waals surface area (Å²) in [7, 11) is 2.90. The number of aromatic nitrogens is 1. The molecular formula is C17H15FN4O3. The van der Waals surface area contributed by atoms with Gasteiger partial charge in [0.05, 0.1) is 5.56 Å². The molecule has 0 spiro atoms. The van der Waals surface area contributed by atoms with Gasteiger partial charge in [0.2, 0.25) is 0 Å². The second kappa shape index (κ2) is 6.97. The Morgan fingerprint density at radius 3 is 2.56 bits per heavy atom. The van der Waals surface area contributed by atoms with Gasteiger partial charge in [0.25, 0.3) is 17.6 Å². The predicted molar refractivity (Wildman–Crippen MR) is 87.6 cm³/mol. The van der Waals surface area contributed by atoms with Crippen LogP contribution < -0.4 is 10.6 Å². The number of carbonyl (C=O) groups is 3. The quantitative estimate of drug-likeness (QED) is 0.649. The third-order valence-electron chi connectivity index (χ3n) is 3.67. The van der Waals surface area contributed by atoms with Crippen molar-refractivity contribution in [3.63, 3.8) is 0 Å². The maximum Gasteiger partial charge on any atom is 0.292 e. The van der Waals surface area contributed by atoms with E-state index >= 15 is 0 Å². The van der Waals surface area contributed by atoms with Crippen LogP contribution in [0.3, 0.4) is 0 Å². The first-order valence-electron chi connectivity index (χ1n) is 7.23. The molecule has 2 N–H and O–H groups in total. The first-order valence-corrected chi connectivity index (χ1v) is 7.23. The first-order chi connectivity index (χ1) is 11.8. The molecule has 128 valence electrons. The van der Waals surface area contributed by atoms with E-state index in [0.29, 0.717) is 5.56 Å². The van der Waals surface area contributed by atoms with Crippen molar-refractivity contribution in [2.24, 2.45) is 7.05 Å². The Balaban J connectivity index is 2.35. The second-order valence-electron chi connectivity index (χ2n) is 5.30. The van der Waals surface area contributed by atoms with Crippen LogP contribution in [0.25, 0.3) is 0 Å². The fourth-order valence-electron chi connectivity index (χ4n) is 2.42. The fourth-order valence-corrected chi connectivity index (χ4v) is 2.42. The molecule has 0 fully saturated rings. The zero-order valence-electron chi connectivity index (χ0n) is 13.8. The zero-order valence-corrected chi connectivity index (χ0v) is 13.8. The van der Waals surface area contributed by atoms with Gasteiger partial charge in [-0.3, -0.25) is 14.4 Å². The number of carbonyl (C=O) groups excluding carboxylic acids is 3. The molecular weight excluding hydrogens is 327 g/mol. The van der Waals surface area contributed by atoms with Crippen molar-refractivity contribution in [3.05, 3.63) is 52.6 Å². The van der Waals surface area contributed by atoms with Gasteiger partial charge >= 0.3 is 0 Å². The maximum absolute atomic E-state index is 13.3. The molecule has 2 rings (SSSR count). The lowest BCUT2D eigenvalue weighted by Gasteiger charge is -2.08. The summed E-state index contributed by atoms with van der Waals surface area (Å²) in [6, 6.07) is 5.30. The third-order valence-corrected chi connectivity index (χ3v) is 3.67. The van der Waals surface area contributed by atoms with Crippen molar-refractivity contribution in [2.45, 2.75) is 6.92 Å². The minimum atomic E-state index is -0.780. The fraction of sp³-hybridized carbons (Fsp3) is 0.176. The van der Waals surface area contributed by atoms with Crippen LogP contribution in [0.1, 0.15) is 32.0 Å². The Labute approximate surface area is 143 Å². The van der Waals surface area contributed by atoms with Crippen LogP contribution in [0.5, 0.6) is 0 Å². The van der Waals surface area contributed by atoms with Gasteiger partial charge in [0.1, 0.15) is 17.6 Å². The number of halogens is 1. The number of rotatable bonds is 4. The van der Waals surface area contributed by atoms with Gasteiger partial charge in [-0.25, -0.2) is 4.39 Å². The van der Waals surface area contributed by atoms with E-state index in [1.54, 1.807) is 20.0 Å². The highest BCUT2D eigenvalue weighted by molar-refractivity contribution is 6.43. The van der Waals surface area contributed by atoms with E-state index in [2.05, 4.69) is 10.6 Å². The highest BCUT2D eigenvalue weighted by atomic mass is 19.1. The van der Waals surface area contributed by atoms with Gasteiger partial charge in [-0.1, -0.05) is 0 Å². The van der Waals surface area contributed by atoms with Crippen molar-refractivity contribution in [1.29, 1.82) is 5.26 Å². The van der Waals surface area contributed by atoms with Crippen LogP contribution in [-0.2, 0) is 11.8 Å². The summed E-state index contributed by atoms with van der Waals surface area (Å²) in [5.74, 6) is -2.76. The van der Waals surface area contributed by atoms with Crippen LogP contribution in [0, 0.1) is 24.1 Å². The van der Waals surface area contributed by atoms with Gasteiger partial charge in [-0.05, 0) is 30.7 Å². The summed E-state index contributed by atoms with van der Waals surface area (Å²) < 4.78 is 14.8. The Morgan fingerprint density at radius 2 is 1.96 bits per heavy atom. The summed E-state index contributed by atoms with van der Waals surface area (Å²) in [6.45, 7) is 1.55. The molecule has 0 aliphatic rings. The number of likely N-dealkylation sites (N-methyl/N-ethyl adjacent to an activating group) is 1. The van der Waals surface area contributed by atoms with E-state index in [-0.39, 0.29) is 22.5 Å². The van der Waals surface area contributed by atoms with Crippen LogP contribution in [0.15, 0.2) is 24.4 Å². The number of hydrogen-bond donors (Lipinski definition) is 2. The van der Waals surface area contributed by atoms with Crippen molar-refractivity contribution in [2.75, 3.05) is 12.4 Å². The van der Waals surface area contributed by atoms with Crippen LogP contribution in [0.2, 0.25) is 0 Å². The van der Waals surface area contributed by atoms with Crippen molar-refractivity contribution in [3.8, 4) is 6.07 Å². The van der Waals surface area contributed by atoms with Gasteiger partial charge in [0.15, 0.2) is 0 Å². The maximum atomic E-state index is 13.3. The largest absolute Gasteiger partial charge is 0.352 e. The van der Waals surface area contributed by atoms with E-state index in [1.165, 1.54) is 29.9 Å². The molecule has 25 heavy (non-hydrogen) atoms. The molecule has 1 heterocycles. The molecule has 8 heteroatoms. The molecule has 0 bridgehead atoms. The Bertz CT molecular complexity index is 925. The number of nitrogens with zero attached hydrogens (tertiary/aromatic N) is 2. The van der Waals surface area contributed by atoms with E-state index in [4.69, 9.17) is 5.26 Å². The van der Waals surface area contributed by atoms with Crippen LogP contribution in [0.4, 0.5) is 10.1 Å². The average molecular weight is 342 g/mol. The molecule has 0 atom stereocenters. The molecule has 7 nitrogen and oxygen atoms in total. The van der Waals surface area contributed by atoms with E-state index in [9.17, 15) is 18.8 Å². The number of anilines is 1. The van der Waals surface area contributed by atoms with Gasteiger partial charge in [-0.15, -0.1) is 0 Å². The summed E-state index contributed by atoms with van der Waals surface area (Å²) in [5, 5.41) is 13.6. The average Bonchev–Trinajstić information content (AvgIpc) is 2.89. The number of benzene rings is 1. The standard InChI is InChI=1S/C17H15FN4O3/c1-9-12(15(23)17(25)20-2)8-22(3)14(9)16(24)21-11-4-5-13(18)10(6-11)7-19/h4-6,8H,1-3H3,(H,20,25)(H,21,24). The number of aryl methyl sites for hydroxylation is 1. The lowest BCUT2D eigenvalue weighted by atomic mass is 10.1. The van der Waals surface area contributed by atoms with Crippen molar-refractivity contribution in [1.82, 2.24) is 9.88 Å². The Morgan fingerprint density at radius 1 is 1.28 bits per heavy atom.